The first-order valence-electron chi connectivity index (χ1n) is 6.42. The molecule has 7 nitrogen and oxygen atoms in total. The van der Waals surface area contributed by atoms with Gasteiger partial charge in [-0.3, -0.25) is 14.9 Å². The fourth-order valence-electron chi connectivity index (χ4n) is 2.45. The van der Waals surface area contributed by atoms with Gasteiger partial charge in [0.1, 0.15) is 0 Å². The van der Waals surface area contributed by atoms with Crippen LogP contribution in [0.15, 0.2) is 29.4 Å². The molecule has 1 atom stereocenters. The summed E-state index contributed by atoms with van der Waals surface area (Å²) in [5.74, 6) is 0.0927. The highest BCUT2D eigenvalue weighted by Gasteiger charge is 2.33. The molecule has 2 aliphatic rings. The van der Waals surface area contributed by atoms with E-state index in [0.717, 1.165) is 12.0 Å². The molecule has 1 unspecified atom stereocenters. The summed E-state index contributed by atoms with van der Waals surface area (Å²) in [5.41, 5.74) is 1.54. The molecule has 0 bridgehead atoms. The number of likely N-dealkylation sites (tertiary alicyclic amines) is 1. The van der Waals surface area contributed by atoms with Gasteiger partial charge in [0.15, 0.2) is 0 Å². The van der Waals surface area contributed by atoms with E-state index in [1.165, 1.54) is 12.1 Å². The number of carbonyl (C=O) groups excluding carboxylic acids is 1. The van der Waals surface area contributed by atoms with Crippen LogP contribution in [0, 0.1) is 10.1 Å². The minimum Gasteiger partial charge on any atom is -0.370 e. The largest absolute Gasteiger partial charge is 0.370 e. The third kappa shape index (κ3) is 2.22. The fraction of sp³-hybridized carbons (Fsp3) is 0.385. The number of nitrogens with zero attached hydrogens (tertiary/aromatic N) is 3. The van der Waals surface area contributed by atoms with Crippen molar-refractivity contribution in [2.24, 2.45) is 5.16 Å². The zero-order valence-corrected chi connectivity index (χ0v) is 10.7. The molecule has 0 aromatic heterocycles. The number of amides is 1. The zero-order chi connectivity index (χ0) is 14.1. The number of hydrogen-bond acceptors (Lipinski definition) is 5. The van der Waals surface area contributed by atoms with Gasteiger partial charge in [-0.15, -0.1) is 0 Å². The summed E-state index contributed by atoms with van der Waals surface area (Å²) in [6.45, 7) is 0.701. The highest BCUT2D eigenvalue weighted by atomic mass is 16.7. The Bertz CT molecular complexity index is 582. The summed E-state index contributed by atoms with van der Waals surface area (Å²) in [6, 6.07) is 6.17. The molecule has 2 heterocycles. The summed E-state index contributed by atoms with van der Waals surface area (Å²) in [4.78, 5) is 28.8. The van der Waals surface area contributed by atoms with Crippen molar-refractivity contribution < 1.29 is 14.6 Å². The van der Waals surface area contributed by atoms with Crippen LogP contribution < -0.4 is 0 Å². The molecule has 104 valence electrons. The molecule has 0 radical (unpaired) electrons. The number of nitro groups is 1. The number of rotatable bonds is 3. The van der Waals surface area contributed by atoms with Crippen LogP contribution in [0.4, 0.5) is 5.69 Å². The van der Waals surface area contributed by atoms with Crippen LogP contribution in [-0.4, -0.2) is 34.2 Å². The van der Waals surface area contributed by atoms with Gasteiger partial charge >= 0.3 is 0 Å². The number of benzene rings is 1. The van der Waals surface area contributed by atoms with Crippen molar-refractivity contribution in [1.29, 1.82) is 0 Å². The molecular weight excluding hydrogens is 262 g/mol. The number of nitro benzene ring substituents is 1. The molecule has 0 spiro atoms. The summed E-state index contributed by atoms with van der Waals surface area (Å²) in [6.07, 6.45) is 1.59. The lowest BCUT2D eigenvalue weighted by Crippen LogP contribution is -2.36. The van der Waals surface area contributed by atoms with Crippen LogP contribution in [-0.2, 0) is 9.63 Å². The van der Waals surface area contributed by atoms with Gasteiger partial charge in [0.05, 0.1) is 17.1 Å². The lowest BCUT2D eigenvalue weighted by Gasteiger charge is -2.20. The average molecular weight is 275 g/mol. The maximum Gasteiger partial charge on any atom is 0.269 e. The van der Waals surface area contributed by atoms with E-state index in [-0.39, 0.29) is 17.8 Å². The molecule has 1 saturated heterocycles. The van der Waals surface area contributed by atoms with E-state index in [1.807, 2.05) is 0 Å². The van der Waals surface area contributed by atoms with Gasteiger partial charge in [0, 0.05) is 30.7 Å². The van der Waals surface area contributed by atoms with Crippen LogP contribution >= 0.6 is 0 Å². The van der Waals surface area contributed by atoms with Crippen molar-refractivity contribution in [3.8, 4) is 0 Å². The first-order chi connectivity index (χ1) is 9.65. The minimum absolute atomic E-state index is 0.0412. The third-order valence-corrected chi connectivity index (χ3v) is 3.52. The fourth-order valence-corrected chi connectivity index (χ4v) is 2.45. The molecular formula is C13H13N3O4. The predicted molar refractivity (Wildman–Crippen MR) is 70.1 cm³/mol. The maximum atomic E-state index is 11.6. The van der Waals surface area contributed by atoms with Crippen molar-refractivity contribution in [3.63, 3.8) is 0 Å². The Labute approximate surface area is 115 Å². The van der Waals surface area contributed by atoms with Crippen molar-refractivity contribution in [2.75, 3.05) is 6.54 Å². The highest BCUT2D eigenvalue weighted by molar-refractivity contribution is 6.01. The number of hydrogen-bond donors (Lipinski definition) is 0. The molecule has 20 heavy (non-hydrogen) atoms. The lowest BCUT2D eigenvalue weighted by atomic mass is 10.1. The molecule has 1 fully saturated rings. The Morgan fingerprint density at radius 2 is 2.10 bits per heavy atom. The Hall–Kier alpha value is -2.44. The van der Waals surface area contributed by atoms with Crippen molar-refractivity contribution in [3.05, 3.63) is 39.9 Å². The third-order valence-electron chi connectivity index (χ3n) is 3.52. The van der Waals surface area contributed by atoms with E-state index >= 15 is 0 Å². The molecule has 7 heteroatoms. The number of carbonyl (C=O) groups is 1. The van der Waals surface area contributed by atoms with Crippen molar-refractivity contribution >= 4 is 17.3 Å². The van der Waals surface area contributed by atoms with Gasteiger partial charge in [-0.05, 0) is 18.6 Å². The van der Waals surface area contributed by atoms with E-state index in [2.05, 4.69) is 5.16 Å². The van der Waals surface area contributed by atoms with Crippen LogP contribution in [0.2, 0.25) is 0 Å². The molecule has 0 N–H and O–H groups in total. The SMILES string of the molecule is O=C1CCCN1C1CC(c2ccc([N+](=O)[O-])cc2)=NO1. The summed E-state index contributed by atoms with van der Waals surface area (Å²) in [7, 11) is 0. The smallest absolute Gasteiger partial charge is 0.269 e. The summed E-state index contributed by atoms with van der Waals surface area (Å²) >= 11 is 0. The van der Waals surface area contributed by atoms with Gasteiger partial charge in [-0.25, -0.2) is 0 Å². The normalized spacial score (nSPS) is 21.8. The molecule has 3 rings (SSSR count). The number of non-ortho nitro benzene ring substituents is 1. The Kier molecular flexibility index (Phi) is 3.09. The molecule has 1 amide bonds. The van der Waals surface area contributed by atoms with Crippen LogP contribution in [0.5, 0.6) is 0 Å². The second-order valence-electron chi connectivity index (χ2n) is 4.80. The second kappa shape index (κ2) is 4.92. The molecule has 0 aliphatic carbocycles. The summed E-state index contributed by atoms with van der Waals surface area (Å²) in [5, 5.41) is 14.6. The molecule has 0 saturated carbocycles. The van der Waals surface area contributed by atoms with Gasteiger partial charge in [0.2, 0.25) is 12.1 Å². The standard InChI is InChI=1S/C13H13N3O4/c17-12-2-1-7-15(12)13-8-11(14-20-13)9-3-5-10(6-4-9)16(18)19/h3-6,13H,1-2,7-8H2. The van der Waals surface area contributed by atoms with Gasteiger partial charge in [-0.2, -0.15) is 0 Å². The van der Waals surface area contributed by atoms with Crippen molar-refractivity contribution in [2.45, 2.75) is 25.5 Å². The second-order valence-corrected chi connectivity index (χ2v) is 4.80. The van der Waals surface area contributed by atoms with Gasteiger partial charge < -0.3 is 9.74 Å². The predicted octanol–water partition coefficient (Wildman–Crippen LogP) is 1.67. The molecule has 1 aromatic rings. The van der Waals surface area contributed by atoms with Crippen LogP contribution in [0.1, 0.15) is 24.8 Å². The van der Waals surface area contributed by atoms with E-state index < -0.39 is 4.92 Å². The first-order valence-corrected chi connectivity index (χ1v) is 6.42. The van der Waals surface area contributed by atoms with E-state index in [4.69, 9.17) is 4.84 Å². The average Bonchev–Trinajstić information content (AvgIpc) is 3.07. The van der Waals surface area contributed by atoms with Crippen LogP contribution in [0.25, 0.3) is 0 Å². The van der Waals surface area contributed by atoms with Gasteiger partial charge in [0.25, 0.3) is 5.69 Å². The Morgan fingerprint density at radius 1 is 1.35 bits per heavy atom. The van der Waals surface area contributed by atoms with E-state index in [9.17, 15) is 14.9 Å². The zero-order valence-electron chi connectivity index (χ0n) is 10.7. The minimum atomic E-state index is -0.442. The summed E-state index contributed by atoms with van der Waals surface area (Å²) < 4.78 is 0. The monoisotopic (exact) mass is 275 g/mol. The molecule has 1 aromatic carbocycles. The Morgan fingerprint density at radius 3 is 2.70 bits per heavy atom. The van der Waals surface area contributed by atoms with E-state index in [1.54, 1.807) is 17.0 Å². The topological polar surface area (TPSA) is 85.0 Å². The first kappa shape index (κ1) is 12.6. The van der Waals surface area contributed by atoms with E-state index in [0.29, 0.717) is 25.1 Å². The quantitative estimate of drug-likeness (QED) is 0.620. The van der Waals surface area contributed by atoms with Crippen molar-refractivity contribution in [1.82, 2.24) is 4.90 Å². The van der Waals surface area contributed by atoms with Crippen LogP contribution in [0.3, 0.4) is 0 Å². The Balaban J connectivity index is 1.70. The lowest BCUT2D eigenvalue weighted by molar-refractivity contribution is -0.384. The maximum absolute atomic E-state index is 11.6. The highest BCUT2D eigenvalue weighted by Crippen LogP contribution is 2.24. The molecule has 2 aliphatic heterocycles. The van der Waals surface area contributed by atoms with Gasteiger partial charge in [-0.1, -0.05) is 5.16 Å². The number of oxime groups is 1.